The fraction of sp³-hybridized carbons (Fsp3) is 0.333. The molecule has 20 heavy (non-hydrogen) atoms. The smallest absolute Gasteiger partial charge is 0.337 e. The van der Waals surface area contributed by atoms with Gasteiger partial charge in [-0.2, -0.15) is 5.10 Å². The van der Waals surface area contributed by atoms with Gasteiger partial charge in [-0.15, -0.1) is 0 Å². The van der Waals surface area contributed by atoms with Crippen LogP contribution in [0.25, 0.3) is 0 Å². The Labute approximate surface area is 118 Å². The van der Waals surface area contributed by atoms with Crippen LogP contribution < -0.4 is 5.32 Å². The summed E-state index contributed by atoms with van der Waals surface area (Å²) in [4.78, 5) is 11.3. The minimum Gasteiger partial charge on any atom is -0.465 e. The quantitative estimate of drug-likeness (QED) is 0.850. The summed E-state index contributed by atoms with van der Waals surface area (Å²) in [5, 5.41) is 7.73. The molecule has 1 aromatic heterocycles. The maximum Gasteiger partial charge on any atom is 0.337 e. The van der Waals surface area contributed by atoms with Crippen LogP contribution in [0.2, 0.25) is 0 Å². The number of esters is 1. The Morgan fingerprint density at radius 3 is 2.65 bits per heavy atom. The molecule has 0 atom stereocenters. The van der Waals surface area contributed by atoms with E-state index < -0.39 is 0 Å². The molecule has 1 aromatic carbocycles. The topological polar surface area (TPSA) is 56.2 Å². The first-order valence-electron chi connectivity index (χ1n) is 6.57. The molecular formula is C15H19N3O2. The van der Waals surface area contributed by atoms with Gasteiger partial charge < -0.3 is 10.1 Å². The van der Waals surface area contributed by atoms with Gasteiger partial charge in [0, 0.05) is 31.0 Å². The van der Waals surface area contributed by atoms with Gasteiger partial charge in [-0.3, -0.25) is 4.68 Å². The molecule has 1 N–H and O–H groups in total. The van der Waals surface area contributed by atoms with Crippen molar-refractivity contribution in [2.75, 3.05) is 12.4 Å². The second-order valence-electron chi connectivity index (χ2n) is 4.55. The van der Waals surface area contributed by atoms with E-state index in [9.17, 15) is 4.79 Å². The van der Waals surface area contributed by atoms with Gasteiger partial charge in [-0.25, -0.2) is 4.79 Å². The van der Waals surface area contributed by atoms with E-state index in [1.807, 2.05) is 30.1 Å². The molecule has 0 bridgehead atoms. The number of nitrogens with one attached hydrogen (secondary N) is 1. The van der Waals surface area contributed by atoms with Crippen molar-refractivity contribution in [3.05, 3.63) is 47.3 Å². The number of ether oxygens (including phenoxy) is 1. The molecule has 2 aromatic rings. The van der Waals surface area contributed by atoms with Crippen molar-refractivity contribution in [3.63, 3.8) is 0 Å². The van der Waals surface area contributed by atoms with E-state index >= 15 is 0 Å². The van der Waals surface area contributed by atoms with Gasteiger partial charge in [0.1, 0.15) is 0 Å². The fourth-order valence-electron chi connectivity index (χ4n) is 2.07. The standard InChI is InChI=1S/C15H19N3O2/c1-4-14-12(10-18(2)17-14)9-16-13-7-5-11(6-8-13)15(19)20-3/h5-8,10,16H,4,9H2,1-3H3. The molecule has 0 fully saturated rings. The van der Waals surface area contributed by atoms with Crippen molar-refractivity contribution in [2.24, 2.45) is 7.05 Å². The number of hydrogen-bond donors (Lipinski definition) is 1. The molecule has 2 rings (SSSR count). The number of nitrogens with zero attached hydrogens (tertiary/aromatic N) is 2. The summed E-state index contributed by atoms with van der Waals surface area (Å²) in [5.41, 5.74) is 3.80. The zero-order valence-electron chi connectivity index (χ0n) is 12.0. The highest BCUT2D eigenvalue weighted by atomic mass is 16.5. The lowest BCUT2D eigenvalue weighted by Gasteiger charge is -2.06. The van der Waals surface area contributed by atoms with Gasteiger partial charge in [0.15, 0.2) is 0 Å². The van der Waals surface area contributed by atoms with E-state index in [1.54, 1.807) is 12.1 Å². The summed E-state index contributed by atoms with van der Waals surface area (Å²) >= 11 is 0. The number of carbonyl (C=O) groups excluding carboxylic acids is 1. The highest BCUT2D eigenvalue weighted by Gasteiger charge is 2.07. The summed E-state index contributed by atoms with van der Waals surface area (Å²) in [7, 11) is 3.30. The van der Waals surface area contributed by atoms with Crippen LogP contribution in [-0.2, 0) is 24.8 Å². The van der Waals surface area contributed by atoms with Crippen LogP contribution in [0.3, 0.4) is 0 Å². The number of aromatic nitrogens is 2. The maximum absolute atomic E-state index is 11.3. The Balaban J connectivity index is 2.02. The molecule has 1 heterocycles. The first kappa shape index (κ1) is 14.1. The van der Waals surface area contributed by atoms with E-state index in [1.165, 1.54) is 12.7 Å². The Kier molecular flexibility index (Phi) is 4.40. The average molecular weight is 273 g/mol. The number of methoxy groups -OCH3 is 1. The number of hydrogen-bond acceptors (Lipinski definition) is 4. The van der Waals surface area contributed by atoms with Crippen LogP contribution >= 0.6 is 0 Å². The van der Waals surface area contributed by atoms with Gasteiger partial charge in [-0.05, 0) is 30.7 Å². The first-order valence-corrected chi connectivity index (χ1v) is 6.57. The Hall–Kier alpha value is -2.30. The van der Waals surface area contributed by atoms with Crippen molar-refractivity contribution in [1.82, 2.24) is 9.78 Å². The number of carbonyl (C=O) groups is 1. The molecule has 5 heteroatoms. The highest BCUT2D eigenvalue weighted by molar-refractivity contribution is 5.89. The molecule has 0 aliphatic carbocycles. The normalized spacial score (nSPS) is 10.3. The van der Waals surface area contributed by atoms with Crippen molar-refractivity contribution >= 4 is 11.7 Å². The van der Waals surface area contributed by atoms with Crippen LogP contribution in [0.15, 0.2) is 30.5 Å². The van der Waals surface area contributed by atoms with E-state index in [2.05, 4.69) is 22.1 Å². The summed E-state index contributed by atoms with van der Waals surface area (Å²) in [6.45, 7) is 2.81. The zero-order valence-corrected chi connectivity index (χ0v) is 12.0. The summed E-state index contributed by atoms with van der Waals surface area (Å²) < 4.78 is 6.50. The molecule has 0 radical (unpaired) electrons. The second-order valence-corrected chi connectivity index (χ2v) is 4.55. The van der Waals surface area contributed by atoms with Gasteiger partial charge in [-0.1, -0.05) is 6.92 Å². The summed E-state index contributed by atoms with van der Waals surface area (Å²) in [6.07, 6.45) is 2.94. The molecule has 5 nitrogen and oxygen atoms in total. The molecule has 0 saturated carbocycles. The van der Waals surface area contributed by atoms with E-state index in [4.69, 9.17) is 0 Å². The molecule has 0 saturated heterocycles. The highest BCUT2D eigenvalue weighted by Crippen LogP contribution is 2.14. The first-order chi connectivity index (χ1) is 9.63. The number of benzene rings is 1. The predicted octanol–water partition coefficient (Wildman–Crippen LogP) is 2.38. The minimum absolute atomic E-state index is 0.322. The molecule has 0 aliphatic heterocycles. The van der Waals surface area contributed by atoms with Gasteiger partial charge in [0.25, 0.3) is 0 Å². The molecule has 0 amide bonds. The average Bonchev–Trinajstić information content (AvgIpc) is 2.85. The Bertz CT molecular complexity index is 588. The number of anilines is 1. The van der Waals surface area contributed by atoms with Crippen molar-refractivity contribution in [3.8, 4) is 0 Å². The van der Waals surface area contributed by atoms with Gasteiger partial charge in [0.05, 0.1) is 18.4 Å². The fourth-order valence-corrected chi connectivity index (χ4v) is 2.07. The Morgan fingerprint density at radius 1 is 1.35 bits per heavy atom. The molecule has 106 valence electrons. The van der Waals surface area contributed by atoms with Crippen LogP contribution in [0.5, 0.6) is 0 Å². The Morgan fingerprint density at radius 2 is 2.05 bits per heavy atom. The third-order valence-corrected chi connectivity index (χ3v) is 3.12. The molecule has 0 aliphatic rings. The van der Waals surface area contributed by atoms with E-state index in [0.29, 0.717) is 12.1 Å². The van der Waals surface area contributed by atoms with Crippen molar-refractivity contribution in [2.45, 2.75) is 19.9 Å². The SMILES string of the molecule is CCc1nn(C)cc1CNc1ccc(C(=O)OC)cc1. The third kappa shape index (κ3) is 3.17. The van der Waals surface area contributed by atoms with Crippen LogP contribution in [0, 0.1) is 0 Å². The van der Waals surface area contributed by atoms with Crippen LogP contribution in [-0.4, -0.2) is 22.9 Å². The molecule has 0 unspecified atom stereocenters. The van der Waals surface area contributed by atoms with Crippen molar-refractivity contribution in [1.29, 1.82) is 0 Å². The van der Waals surface area contributed by atoms with E-state index in [0.717, 1.165) is 17.8 Å². The van der Waals surface area contributed by atoms with E-state index in [-0.39, 0.29) is 5.97 Å². The second kappa shape index (κ2) is 6.23. The largest absolute Gasteiger partial charge is 0.465 e. The lowest BCUT2D eigenvalue weighted by Crippen LogP contribution is -2.03. The molecular weight excluding hydrogens is 254 g/mol. The maximum atomic E-state index is 11.3. The van der Waals surface area contributed by atoms with Crippen LogP contribution in [0.4, 0.5) is 5.69 Å². The van der Waals surface area contributed by atoms with Crippen molar-refractivity contribution < 1.29 is 9.53 Å². The monoisotopic (exact) mass is 273 g/mol. The number of aryl methyl sites for hydroxylation is 2. The number of rotatable bonds is 5. The van der Waals surface area contributed by atoms with Gasteiger partial charge >= 0.3 is 5.97 Å². The zero-order chi connectivity index (χ0) is 14.5. The minimum atomic E-state index is -0.322. The third-order valence-electron chi connectivity index (χ3n) is 3.12. The molecule has 0 spiro atoms. The summed E-state index contributed by atoms with van der Waals surface area (Å²) in [6, 6.07) is 7.23. The summed E-state index contributed by atoms with van der Waals surface area (Å²) in [5.74, 6) is -0.322. The lowest BCUT2D eigenvalue weighted by atomic mass is 10.2. The van der Waals surface area contributed by atoms with Crippen LogP contribution in [0.1, 0.15) is 28.5 Å². The van der Waals surface area contributed by atoms with Gasteiger partial charge in [0.2, 0.25) is 0 Å². The lowest BCUT2D eigenvalue weighted by molar-refractivity contribution is 0.0601. The predicted molar refractivity (Wildman–Crippen MR) is 77.7 cm³/mol.